The third-order valence-electron chi connectivity index (χ3n) is 5.50. The van der Waals surface area contributed by atoms with Crippen LogP contribution in [0.15, 0.2) is 94.4 Å². The Morgan fingerprint density at radius 2 is 1.56 bits per heavy atom. The van der Waals surface area contributed by atoms with Crippen LogP contribution in [0.25, 0.3) is 0 Å². The molecule has 1 aliphatic rings. The van der Waals surface area contributed by atoms with E-state index in [1.807, 2.05) is 19.1 Å². The van der Waals surface area contributed by atoms with E-state index in [9.17, 15) is 18.3 Å². The van der Waals surface area contributed by atoms with Gasteiger partial charge in [0.15, 0.2) is 5.76 Å². The Kier molecular flexibility index (Phi) is 5.76. The maximum atomic E-state index is 13.5. The van der Waals surface area contributed by atoms with E-state index in [0.29, 0.717) is 11.3 Å². The molecule has 0 saturated heterocycles. The van der Waals surface area contributed by atoms with Gasteiger partial charge in [-0.25, -0.2) is 8.42 Å². The SMILES string of the molecule is COc1ccc(CN2C(=O)C(O)=C(S(=O)(=O)c3ccccc3)C2c2ccc(C)cc2)cc1. The van der Waals surface area contributed by atoms with Crippen molar-refractivity contribution >= 4 is 15.7 Å². The molecule has 0 radical (unpaired) electrons. The average Bonchev–Trinajstić information content (AvgIpc) is 3.06. The molecule has 164 valence electrons. The maximum Gasteiger partial charge on any atom is 0.290 e. The second-order valence-electron chi connectivity index (χ2n) is 7.62. The fourth-order valence-electron chi connectivity index (χ4n) is 3.80. The highest BCUT2D eigenvalue weighted by atomic mass is 32.2. The molecule has 4 rings (SSSR count). The third kappa shape index (κ3) is 3.87. The van der Waals surface area contributed by atoms with Crippen molar-refractivity contribution in [2.24, 2.45) is 0 Å². The summed E-state index contributed by atoms with van der Waals surface area (Å²) in [7, 11) is -2.55. The zero-order valence-electron chi connectivity index (χ0n) is 17.7. The summed E-state index contributed by atoms with van der Waals surface area (Å²) in [5.74, 6) is -0.793. The molecule has 0 aliphatic carbocycles. The first-order valence-corrected chi connectivity index (χ1v) is 11.5. The summed E-state index contributed by atoms with van der Waals surface area (Å²) in [6.45, 7) is 2.05. The second kappa shape index (κ2) is 8.51. The Hall–Kier alpha value is -3.58. The Morgan fingerprint density at radius 3 is 2.16 bits per heavy atom. The molecule has 1 amide bonds. The van der Waals surface area contributed by atoms with Crippen LogP contribution in [0.4, 0.5) is 0 Å². The van der Waals surface area contributed by atoms with Crippen LogP contribution in [0.1, 0.15) is 22.7 Å². The molecule has 0 fully saturated rings. The van der Waals surface area contributed by atoms with Crippen LogP contribution in [0.5, 0.6) is 5.75 Å². The average molecular weight is 450 g/mol. The van der Waals surface area contributed by atoms with Gasteiger partial charge in [0.2, 0.25) is 9.84 Å². The van der Waals surface area contributed by atoms with E-state index < -0.39 is 27.5 Å². The Balaban J connectivity index is 1.82. The third-order valence-corrected chi connectivity index (χ3v) is 7.39. The van der Waals surface area contributed by atoms with Crippen molar-refractivity contribution in [1.29, 1.82) is 0 Å². The molecule has 3 aromatic carbocycles. The number of amides is 1. The minimum atomic E-state index is -4.12. The highest BCUT2D eigenvalue weighted by Gasteiger charge is 2.46. The first-order chi connectivity index (χ1) is 15.3. The van der Waals surface area contributed by atoms with Crippen molar-refractivity contribution in [3.63, 3.8) is 0 Å². The molecule has 1 atom stereocenters. The fraction of sp³-hybridized carbons (Fsp3) is 0.160. The minimum absolute atomic E-state index is 0.0257. The number of rotatable bonds is 6. The Morgan fingerprint density at radius 1 is 0.938 bits per heavy atom. The van der Waals surface area contributed by atoms with Crippen LogP contribution in [0, 0.1) is 6.92 Å². The zero-order chi connectivity index (χ0) is 22.9. The van der Waals surface area contributed by atoms with Gasteiger partial charge in [-0.1, -0.05) is 60.2 Å². The van der Waals surface area contributed by atoms with E-state index in [4.69, 9.17) is 4.74 Å². The number of aryl methyl sites for hydroxylation is 1. The number of ether oxygens (including phenoxy) is 1. The lowest BCUT2D eigenvalue weighted by molar-refractivity contribution is -0.130. The summed E-state index contributed by atoms with van der Waals surface area (Å²) < 4.78 is 32.2. The molecular weight excluding hydrogens is 426 g/mol. The van der Waals surface area contributed by atoms with Gasteiger partial charge in [0, 0.05) is 6.54 Å². The maximum absolute atomic E-state index is 13.5. The molecule has 0 saturated carbocycles. The number of aliphatic hydroxyl groups is 1. The number of aliphatic hydroxyl groups excluding tert-OH is 1. The van der Waals surface area contributed by atoms with Gasteiger partial charge in [-0.05, 0) is 42.3 Å². The van der Waals surface area contributed by atoms with Gasteiger partial charge < -0.3 is 14.7 Å². The largest absolute Gasteiger partial charge is 0.502 e. The summed E-state index contributed by atoms with van der Waals surface area (Å²) in [6.07, 6.45) is 0. The first kappa shape index (κ1) is 21.6. The molecule has 0 spiro atoms. The van der Waals surface area contributed by atoms with Crippen LogP contribution < -0.4 is 4.74 Å². The summed E-state index contributed by atoms with van der Waals surface area (Å²) in [5.41, 5.74) is 2.39. The smallest absolute Gasteiger partial charge is 0.290 e. The lowest BCUT2D eigenvalue weighted by Gasteiger charge is -2.27. The van der Waals surface area contributed by atoms with Gasteiger partial charge in [0.05, 0.1) is 18.0 Å². The van der Waals surface area contributed by atoms with Crippen molar-refractivity contribution in [2.75, 3.05) is 7.11 Å². The predicted molar refractivity (Wildman–Crippen MR) is 121 cm³/mol. The van der Waals surface area contributed by atoms with Gasteiger partial charge in [-0.15, -0.1) is 0 Å². The van der Waals surface area contributed by atoms with E-state index in [-0.39, 0.29) is 16.3 Å². The highest BCUT2D eigenvalue weighted by molar-refractivity contribution is 7.95. The van der Waals surface area contributed by atoms with Gasteiger partial charge in [-0.3, -0.25) is 4.79 Å². The van der Waals surface area contributed by atoms with Crippen molar-refractivity contribution in [2.45, 2.75) is 24.4 Å². The van der Waals surface area contributed by atoms with Crippen molar-refractivity contribution < 1.29 is 23.1 Å². The van der Waals surface area contributed by atoms with Crippen molar-refractivity contribution in [3.8, 4) is 5.75 Å². The Labute approximate surface area is 187 Å². The minimum Gasteiger partial charge on any atom is -0.502 e. The summed E-state index contributed by atoms with van der Waals surface area (Å²) in [6, 6.07) is 21.3. The van der Waals surface area contributed by atoms with E-state index in [1.54, 1.807) is 61.7 Å². The van der Waals surface area contributed by atoms with Gasteiger partial charge in [-0.2, -0.15) is 0 Å². The van der Waals surface area contributed by atoms with E-state index in [1.165, 1.54) is 17.0 Å². The number of sulfone groups is 1. The lowest BCUT2D eigenvalue weighted by atomic mass is 10.0. The standard InChI is InChI=1S/C25H23NO5S/c1-17-8-12-19(13-9-17)22-24(32(29,30)21-6-4-3-5-7-21)23(27)25(28)26(22)16-18-10-14-20(31-2)15-11-18/h3-15,22,27H,16H2,1-2H3. The number of methoxy groups -OCH3 is 1. The molecule has 3 aromatic rings. The number of nitrogens with zero attached hydrogens (tertiary/aromatic N) is 1. The monoisotopic (exact) mass is 449 g/mol. The molecule has 6 nitrogen and oxygen atoms in total. The highest BCUT2D eigenvalue weighted by Crippen LogP contribution is 2.43. The van der Waals surface area contributed by atoms with Gasteiger partial charge in [0.25, 0.3) is 5.91 Å². The molecule has 7 heteroatoms. The normalized spacial score (nSPS) is 16.5. The molecule has 32 heavy (non-hydrogen) atoms. The van der Waals surface area contributed by atoms with Crippen LogP contribution in [0.3, 0.4) is 0 Å². The molecule has 1 aliphatic heterocycles. The lowest BCUT2D eigenvalue weighted by Crippen LogP contribution is -2.30. The topological polar surface area (TPSA) is 83.9 Å². The molecule has 1 heterocycles. The van der Waals surface area contributed by atoms with E-state index in [0.717, 1.165) is 11.1 Å². The van der Waals surface area contributed by atoms with Crippen LogP contribution >= 0.6 is 0 Å². The van der Waals surface area contributed by atoms with Crippen LogP contribution in [-0.2, 0) is 21.2 Å². The summed E-state index contributed by atoms with van der Waals surface area (Å²) in [4.78, 5) is 14.2. The summed E-state index contributed by atoms with van der Waals surface area (Å²) >= 11 is 0. The van der Waals surface area contributed by atoms with Crippen LogP contribution in [0.2, 0.25) is 0 Å². The summed E-state index contributed by atoms with van der Waals surface area (Å²) in [5, 5.41) is 10.8. The number of benzene rings is 3. The van der Waals surface area contributed by atoms with E-state index in [2.05, 4.69) is 0 Å². The predicted octanol–water partition coefficient (Wildman–Crippen LogP) is 4.33. The molecule has 1 unspecified atom stereocenters. The fourth-order valence-corrected chi connectivity index (χ4v) is 5.47. The molecule has 0 aromatic heterocycles. The molecule has 0 bridgehead atoms. The number of hydrogen-bond donors (Lipinski definition) is 1. The van der Waals surface area contributed by atoms with Gasteiger partial charge in [0.1, 0.15) is 10.7 Å². The van der Waals surface area contributed by atoms with Crippen LogP contribution in [-0.4, -0.2) is 31.4 Å². The molecule has 1 N–H and O–H groups in total. The molecular formula is C25H23NO5S. The number of carbonyl (C=O) groups excluding carboxylic acids is 1. The first-order valence-electron chi connectivity index (χ1n) is 10.1. The van der Waals surface area contributed by atoms with Gasteiger partial charge >= 0.3 is 0 Å². The van der Waals surface area contributed by atoms with Crippen molar-refractivity contribution in [3.05, 3.63) is 106 Å². The van der Waals surface area contributed by atoms with E-state index >= 15 is 0 Å². The number of hydrogen-bond acceptors (Lipinski definition) is 5. The van der Waals surface area contributed by atoms with Crippen molar-refractivity contribution in [1.82, 2.24) is 4.90 Å². The second-order valence-corrected chi connectivity index (χ2v) is 9.54. The zero-order valence-corrected chi connectivity index (χ0v) is 18.5. The quantitative estimate of drug-likeness (QED) is 0.606. The Bertz CT molecular complexity index is 1260. The number of carbonyl (C=O) groups is 1.